The van der Waals surface area contributed by atoms with E-state index < -0.39 is 0 Å². The first-order chi connectivity index (χ1) is 10.7. The zero-order valence-corrected chi connectivity index (χ0v) is 13.6. The van der Waals surface area contributed by atoms with Crippen LogP contribution in [0.1, 0.15) is 12.5 Å². The summed E-state index contributed by atoms with van der Waals surface area (Å²) in [6.45, 7) is 6.73. The van der Waals surface area contributed by atoms with E-state index in [9.17, 15) is 9.59 Å². The largest absolute Gasteiger partial charge is 0.340 e. The molecule has 2 heterocycles. The predicted molar refractivity (Wildman–Crippen MR) is 88.2 cm³/mol. The van der Waals surface area contributed by atoms with Crippen LogP contribution in [0.25, 0.3) is 0 Å². The third kappa shape index (κ3) is 3.44. The Morgan fingerprint density at radius 1 is 1.27 bits per heavy atom. The molecule has 1 N–H and O–H groups in total. The molecule has 0 saturated carbocycles. The maximum Gasteiger partial charge on any atom is 0.234 e. The highest BCUT2D eigenvalue weighted by atomic mass is 32.2. The molecule has 0 aromatic heterocycles. The Hall–Kier alpha value is -1.53. The minimum absolute atomic E-state index is 0.0247. The Kier molecular flexibility index (Phi) is 4.69. The highest BCUT2D eigenvalue weighted by molar-refractivity contribution is 8.00. The first kappa shape index (κ1) is 15.4. The molecular formula is C16H21N3O2S. The summed E-state index contributed by atoms with van der Waals surface area (Å²) in [4.78, 5) is 29.2. The molecule has 1 aromatic carbocycles. The summed E-state index contributed by atoms with van der Waals surface area (Å²) in [7, 11) is 0. The lowest BCUT2D eigenvalue weighted by atomic mass is 10.1. The van der Waals surface area contributed by atoms with Gasteiger partial charge in [0.1, 0.15) is 0 Å². The molecule has 1 saturated heterocycles. The second-order valence-electron chi connectivity index (χ2n) is 5.66. The van der Waals surface area contributed by atoms with Crippen molar-refractivity contribution in [3.8, 4) is 0 Å². The van der Waals surface area contributed by atoms with Crippen LogP contribution in [-0.2, 0) is 16.0 Å². The average molecular weight is 319 g/mol. The van der Waals surface area contributed by atoms with Crippen molar-refractivity contribution in [3.05, 3.63) is 23.8 Å². The summed E-state index contributed by atoms with van der Waals surface area (Å²) in [5, 5.41) is 2.88. The van der Waals surface area contributed by atoms with Crippen molar-refractivity contribution in [2.75, 3.05) is 43.8 Å². The summed E-state index contributed by atoms with van der Waals surface area (Å²) in [6, 6.07) is 5.92. The number of thioether (sulfide) groups is 1. The molecule has 5 nitrogen and oxygen atoms in total. The number of anilines is 1. The average Bonchev–Trinajstić information content (AvgIpc) is 2.54. The SMILES string of the molecule is CCN1CCN(C(=O)Cc2ccc3c(c2)NC(=O)CS3)CC1. The van der Waals surface area contributed by atoms with Gasteiger partial charge >= 0.3 is 0 Å². The van der Waals surface area contributed by atoms with Crippen molar-refractivity contribution in [1.29, 1.82) is 0 Å². The van der Waals surface area contributed by atoms with E-state index in [1.807, 2.05) is 23.1 Å². The number of rotatable bonds is 3. The second kappa shape index (κ2) is 6.71. The number of fused-ring (bicyclic) bond motifs is 1. The number of benzene rings is 1. The fraction of sp³-hybridized carbons (Fsp3) is 0.500. The third-order valence-corrected chi connectivity index (χ3v) is 5.28. The monoisotopic (exact) mass is 319 g/mol. The fourth-order valence-electron chi connectivity index (χ4n) is 2.84. The molecule has 0 spiro atoms. The summed E-state index contributed by atoms with van der Waals surface area (Å²) in [5.74, 6) is 0.662. The van der Waals surface area contributed by atoms with Gasteiger partial charge in [-0.25, -0.2) is 0 Å². The lowest BCUT2D eigenvalue weighted by Gasteiger charge is -2.34. The molecule has 2 amide bonds. The maximum absolute atomic E-state index is 12.4. The summed E-state index contributed by atoms with van der Waals surface area (Å²) < 4.78 is 0. The lowest BCUT2D eigenvalue weighted by Crippen LogP contribution is -2.48. The van der Waals surface area contributed by atoms with Crippen molar-refractivity contribution in [2.45, 2.75) is 18.2 Å². The van der Waals surface area contributed by atoms with E-state index in [1.165, 1.54) is 0 Å². The van der Waals surface area contributed by atoms with Crippen molar-refractivity contribution in [2.24, 2.45) is 0 Å². The number of piperazine rings is 1. The maximum atomic E-state index is 12.4. The van der Waals surface area contributed by atoms with Gasteiger partial charge in [-0.3, -0.25) is 9.59 Å². The number of amides is 2. The Bertz CT molecular complexity index is 583. The number of nitrogens with zero attached hydrogens (tertiary/aromatic N) is 2. The Morgan fingerprint density at radius 3 is 2.77 bits per heavy atom. The number of carbonyl (C=O) groups excluding carboxylic acids is 2. The molecule has 0 radical (unpaired) electrons. The van der Waals surface area contributed by atoms with Gasteiger partial charge in [-0.15, -0.1) is 11.8 Å². The Labute approximate surface area is 135 Å². The first-order valence-electron chi connectivity index (χ1n) is 7.71. The van der Waals surface area contributed by atoms with Crippen LogP contribution in [0.3, 0.4) is 0 Å². The smallest absolute Gasteiger partial charge is 0.234 e. The van der Waals surface area contributed by atoms with Gasteiger partial charge in [0.05, 0.1) is 17.9 Å². The van der Waals surface area contributed by atoms with Crippen molar-refractivity contribution < 1.29 is 9.59 Å². The minimum Gasteiger partial charge on any atom is -0.340 e. The normalized spacial score (nSPS) is 18.8. The van der Waals surface area contributed by atoms with Crippen molar-refractivity contribution in [3.63, 3.8) is 0 Å². The zero-order valence-electron chi connectivity index (χ0n) is 12.8. The van der Waals surface area contributed by atoms with Crippen molar-refractivity contribution >= 4 is 29.3 Å². The van der Waals surface area contributed by atoms with Crippen LogP contribution in [-0.4, -0.2) is 60.1 Å². The van der Waals surface area contributed by atoms with Gasteiger partial charge in [0, 0.05) is 31.1 Å². The molecule has 0 unspecified atom stereocenters. The quantitative estimate of drug-likeness (QED) is 0.916. The molecule has 0 atom stereocenters. The first-order valence-corrected chi connectivity index (χ1v) is 8.70. The van der Waals surface area contributed by atoms with E-state index in [0.29, 0.717) is 12.2 Å². The van der Waals surface area contributed by atoms with Crippen LogP contribution < -0.4 is 5.32 Å². The predicted octanol–water partition coefficient (Wildman–Crippen LogP) is 1.44. The number of hydrogen-bond donors (Lipinski definition) is 1. The van der Waals surface area contributed by atoms with Crippen LogP contribution >= 0.6 is 11.8 Å². The van der Waals surface area contributed by atoms with Crippen LogP contribution in [0.15, 0.2) is 23.1 Å². The molecule has 1 fully saturated rings. The number of carbonyl (C=O) groups is 2. The number of likely N-dealkylation sites (N-methyl/N-ethyl adjacent to an activating group) is 1. The van der Waals surface area contributed by atoms with Crippen LogP contribution in [0.2, 0.25) is 0 Å². The molecular weight excluding hydrogens is 298 g/mol. The van der Waals surface area contributed by atoms with Gasteiger partial charge < -0.3 is 15.1 Å². The molecule has 22 heavy (non-hydrogen) atoms. The van der Waals surface area contributed by atoms with E-state index >= 15 is 0 Å². The molecule has 118 valence electrons. The fourth-order valence-corrected chi connectivity index (χ4v) is 3.63. The van der Waals surface area contributed by atoms with Crippen LogP contribution in [0.5, 0.6) is 0 Å². The summed E-state index contributed by atoms with van der Waals surface area (Å²) in [5.41, 5.74) is 1.80. The van der Waals surface area contributed by atoms with Crippen LogP contribution in [0.4, 0.5) is 5.69 Å². The van der Waals surface area contributed by atoms with Gasteiger partial charge in [-0.2, -0.15) is 0 Å². The molecule has 1 aromatic rings. The highest BCUT2D eigenvalue weighted by Crippen LogP contribution is 2.32. The minimum atomic E-state index is 0.0247. The van der Waals surface area contributed by atoms with Crippen molar-refractivity contribution in [1.82, 2.24) is 9.80 Å². The molecule has 6 heteroatoms. The molecule has 2 aliphatic heterocycles. The van der Waals surface area contributed by atoms with Gasteiger partial charge in [0.25, 0.3) is 0 Å². The topological polar surface area (TPSA) is 52.6 Å². The highest BCUT2D eigenvalue weighted by Gasteiger charge is 2.21. The summed E-state index contributed by atoms with van der Waals surface area (Å²) in [6.07, 6.45) is 0.403. The molecule has 3 rings (SSSR count). The van der Waals surface area contributed by atoms with Gasteiger partial charge in [0.15, 0.2) is 0 Å². The Morgan fingerprint density at radius 2 is 2.05 bits per heavy atom. The van der Waals surface area contributed by atoms with Gasteiger partial charge in [-0.05, 0) is 24.2 Å². The third-order valence-electron chi connectivity index (χ3n) is 4.20. The Balaban J connectivity index is 1.62. The number of nitrogens with one attached hydrogen (secondary N) is 1. The molecule has 0 bridgehead atoms. The molecule has 2 aliphatic rings. The van der Waals surface area contributed by atoms with E-state index in [2.05, 4.69) is 17.1 Å². The van der Waals surface area contributed by atoms with E-state index in [1.54, 1.807) is 11.8 Å². The van der Waals surface area contributed by atoms with Crippen LogP contribution in [0, 0.1) is 0 Å². The van der Waals surface area contributed by atoms with Gasteiger partial charge in [-0.1, -0.05) is 13.0 Å². The molecule has 0 aliphatic carbocycles. The van der Waals surface area contributed by atoms with E-state index in [0.717, 1.165) is 48.9 Å². The lowest BCUT2D eigenvalue weighted by molar-refractivity contribution is -0.132. The zero-order chi connectivity index (χ0) is 15.5. The number of hydrogen-bond acceptors (Lipinski definition) is 4. The standard InChI is InChI=1S/C16H21N3O2S/c1-2-18-5-7-19(8-6-18)16(21)10-12-3-4-14-13(9-12)17-15(20)11-22-14/h3-4,9H,2,5-8,10-11H2,1H3,(H,17,20). The van der Waals surface area contributed by atoms with E-state index in [-0.39, 0.29) is 11.8 Å². The second-order valence-corrected chi connectivity index (χ2v) is 6.68. The summed E-state index contributed by atoms with van der Waals surface area (Å²) >= 11 is 1.54. The van der Waals surface area contributed by atoms with E-state index in [4.69, 9.17) is 0 Å². The van der Waals surface area contributed by atoms with Gasteiger partial charge in [0.2, 0.25) is 11.8 Å².